The Morgan fingerprint density at radius 3 is 2.50 bits per heavy atom. The lowest BCUT2D eigenvalue weighted by Gasteiger charge is -2.17. The zero-order chi connectivity index (χ0) is 13.4. The van der Waals surface area contributed by atoms with Crippen molar-refractivity contribution in [1.82, 2.24) is 5.32 Å². The molecule has 0 radical (unpaired) electrons. The summed E-state index contributed by atoms with van der Waals surface area (Å²) < 4.78 is 5.48. The molecule has 0 amide bonds. The van der Waals surface area contributed by atoms with Crippen LogP contribution in [-0.2, 0) is 11.2 Å². The Balaban J connectivity index is 2.20. The second kappa shape index (κ2) is 8.11. The van der Waals surface area contributed by atoms with E-state index in [9.17, 15) is 5.11 Å². The van der Waals surface area contributed by atoms with Gasteiger partial charge in [0.05, 0.1) is 6.10 Å². The van der Waals surface area contributed by atoms with E-state index >= 15 is 0 Å². The predicted molar refractivity (Wildman–Crippen MR) is 75.0 cm³/mol. The van der Waals surface area contributed by atoms with Gasteiger partial charge in [-0.25, -0.2) is 0 Å². The minimum absolute atomic E-state index is 0.270. The van der Waals surface area contributed by atoms with Crippen LogP contribution in [-0.4, -0.2) is 30.4 Å². The van der Waals surface area contributed by atoms with E-state index < -0.39 is 0 Å². The zero-order valence-electron chi connectivity index (χ0n) is 11.6. The highest BCUT2D eigenvalue weighted by Crippen LogP contribution is 2.11. The van der Waals surface area contributed by atoms with Crippen LogP contribution in [0, 0.1) is 0 Å². The summed E-state index contributed by atoms with van der Waals surface area (Å²) in [5.41, 5.74) is 1.26. The first-order valence-corrected chi connectivity index (χ1v) is 6.74. The number of aryl methyl sites for hydroxylation is 1. The Bertz CT molecular complexity index is 324. The molecular formula is C15H25NO2. The summed E-state index contributed by atoms with van der Waals surface area (Å²) in [5.74, 6) is 0.329. The molecule has 0 spiro atoms. The predicted octanol–water partition coefficient (Wildman–Crippen LogP) is 2.73. The van der Waals surface area contributed by atoms with Crippen LogP contribution < -0.4 is 5.32 Å². The van der Waals surface area contributed by atoms with Crippen molar-refractivity contribution in [3.05, 3.63) is 29.8 Å². The Hall–Kier alpha value is -1.06. The van der Waals surface area contributed by atoms with Crippen molar-refractivity contribution in [3.8, 4) is 5.75 Å². The number of ether oxygens (including phenoxy) is 1. The molecule has 18 heavy (non-hydrogen) atoms. The Kier molecular flexibility index (Phi) is 6.76. The minimum atomic E-state index is 0.270. The van der Waals surface area contributed by atoms with Gasteiger partial charge < -0.3 is 15.2 Å². The van der Waals surface area contributed by atoms with Crippen LogP contribution in [0.1, 0.15) is 32.8 Å². The molecule has 0 aliphatic rings. The molecule has 0 saturated heterocycles. The van der Waals surface area contributed by atoms with E-state index in [1.807, 2.05) is 19.1 Å². The number of aromatic hydroxyl groups is 1. The summed E-state index contributed by atoms with van der Waals surface area (Å²) >= 11 is 0. The molecule has 0 aromatic heterocycles. The number of benzene rings is 1. The highest BCUT2D eigenvalue weighted by Gasteiger charge is 2.05. The average molecular weight is 251 g/mol. The molecule has 0 saturated carbocycles. The van der Waals surface area contributed by atoms with Crippen LogP contribution in [0.15, 0.2) is 24.3 Å². The third-order valence-corrected chi connectivity index (χ3v) is 3.01. The molecule has 2 N–H and O–H groups in total. The van der Waals surface area contributed by atoms with Gasteiger partial charge in [0.2, 0.25) is 0 Å². The van der Waals surface area contributed by atoms with Gasteiger partial charge in [-0.05, 0) is 51.3 Å². The molecule has 3 heteroatoms. The largest absolute Gasteiger partial charge is 0.508 e. The molecule has 0 aliphatic heterocycles. The Labute approximate surface area is 110 Å². The average Bonchev–Trinajstić information content (AvgIpc) is 2.36. The van der Waals surface area contributed by atoms with Gasteiger partial charge in [-0.2, -0.15) is 0 Å². The molecular weight excluding hydrogens is 226 g/mol. The molecule has 1 rings (SSSR count). The number of hydrogen-bond donors (Lipinski definition) is 2. The van der Waals surface area contributed by atoms with Gasteiger partial charge in [0, 0.05) is 19.2 Å². The van der Waals surface area contributed by atoms with Crippen LogP contribution in [0.25, 0.3) is 0 Å². The van der Waals surface area contributed by atoms with Crippen molar-refractivity contribution < 1.29 is 9.84 Å². The number of hydrogen-bond acceptors (Lipinski definition) is 3. The van der Waals surface area contributed by atoms with Crippen molar-refractivity contribution in [1.29, 1.82) is 0 Å². The molecule has 0 aliphatic carbocycles. The highest BCUT2D eigenvalue weighted by atomic mass is 16.5. The van der Waals surface area contributed by atoms with Gasteiger partial charge in [0.25, 0.3) is 0 Å². The van der Waals surface area contributed by atoms with Crippen LogP contribution >= 0.6 is 0 Å². The van der Waals surface area contributed by atoms with Gasteiger partial charge in [-0.15, -0.1) is 0 Å². The van der Waals surface area contributed by atoms with Gasteiger partial charge >= 0.3 is 0 Å². The molecule has 2 unspecified atom stereocenters. The first-order valence-electron chi connectivity index (χ1n) is 6.74. The molecule has 0 heterocycles. The summed E-state index contributed by atoms with van der Waals surface area (Å²) in [6, 6.07) is 7.91. The first-order chi connectivity index (χ1) is 8.61. The number of nitrogens with one attached hydrogen (secondary N) is 1. The van der Waals surface area contributed by atoms with E-state index in [2.05, 4.69) is 19.2 Å². The van der Waals surface area contributed by atoms with Gasteiger partial charge in [0.15, 0.2) is 0 Å². The van der Waals surface area contributed by atoms with Crippen LogP contribution in [0.2, 0.25) is 0 Å². The fraction of sp³-hybridized carbons (Fsp3) is 0.600. The molecule has 1 aromatic carbocycles. The fourth-order valence-corrected chi connectivity index (χ4v) is 1.86. The third-order valence-electron chi connectivity index (χ3n) is 3.01. The summed E-state index contributed by atoms with van der Waals surface area (Å²) in [5, 5.41) is 12.7. The summed E-state index contributed by atoms with van der Waals surface area (Å²) in [7, 11) is 0. The smallest absolute Gasteiger partial charge is 0.115 e. The number of rotatable bonds is 8. The van der Waals surface area contributed by atoms with Crippen LogP contribution in [0.5, 0.6) is 5.75 Å². The summed E-state index contributed by atoms with van der Waals surface area (Å²) in [6.07, 6.45) is 2.38. The summed E-state index contributed by atoms with van der Waals surface area (Å²) in [6.45, 7) is 7.96. The lowest BCUT2D eigenvalue weighted by molar-refractivity contribution is 0.0741. The first kappa shape index (κ1) is 15.0. The van der Waals surface area contributed by atoms with E-state index in [0.717, 1.165) is 26.0 Å². The normalized spacial score (nSPS) is 14.4. The zero-order valence-corrected chi connectivity index (χ0v) is 11.6. The lowest BCUT2D eigenvalue weighted by Crippen LogP contribution is -2.34. The molecule has 2 atom stereocenters. The summed E-state index contributed by atoms with van der Waals surface area (Å²) in [4.78, 5) is 0. The van der Waals surface area contributed by atoms with Crippen molar-refractivity contribution in [2.75, 3.05) is 13.2 Å². The van der Waals surface area contributed by atoms with E-state index in [1.165, 1.54) is 5.56 Å². The molecule has 3 nitrogen and oxygen atoms in total. The molecule has 0 bridgehead atoms. The van der Waals surface area contributed by atoms with Crippen molar-refractivity contribution in [2.45, 2.75) is 45.8 Å². The van der Waals surface area contributed by atoms with Crippen molar-refractivity contribution in [3.63, 3.8) is 0 Å². The highest BCUT2D eigenvalue weighted by molar-refractivity contribution is 5.25. The van der Waals surface area contributed by atoms with Gasteiger partial charge in [0.1, 0.15) is 5.75 Å². The molecule has 0 fully saturated rings. The quantitative estimate of drug-likeness (QED) is 0.746. The van der Waals surface area contributed by atoms with Gasteiger partial charge in [-0.3, -0.25) is 0 Å². The maximum absolute atomic E-state index is 9.20. The lowest BCUT2D eigenvalue weighted by atomic mass is 10.1. The van der Waals surface area contributed by atoms with Gasteiger partial charge in [-0.1, -0.05) is 12.1 Å². The van der Waals surface area contributed by atoms with Crippen molar-refractivity contribution >= 4 is 0 Å². The standard InChI is InChI=1S/C15H25NO2/c1-4-18-13(3)11-16-12(2)5-6-14-7-9-15(17)10-8-14/h7-10,12-13,16-17H,4-6,11H2,1-3H3. The maximum atomic E-state index is 9.20. The van der Waals surface area contributed by atoms with E-state index in [0.29, 0.717) is 11.8 Å². The maximum Gasteiger partial charge on any atom is 0.115 e. The van der Waals surface area contributed by atoms with E-state index in [4.69, 9.17) is 4.74 Å². The number of phenolic OH excluding ortho intramolecular Hbond substituents is 1. The van der Waals surface area contributed by atoms with E-state index in [-0.39, 0.29) is 6.10 Å². The molecule has 102 valence electrons. The van der Waals surface area contributed by atoms with Crippen LogP contribution in [0.3, 0.4) is 0 Å². The van der Waals surface area contributed by atoms with Crippen molar-refractivity contribution in [2.24, 2.45) is 0 Å². The molecule has 1 aromatic rings. The third kappa shape index (κ3) is 6.03. The van der Waals surface area contributed by atoms with E-state index in [1.54, 1.807) is 12.1 Å². The Morgan fingerprint density at radius 1 is 1.22 bits per heavy atom. The number of phenols is 1. The SMILES string of the molecule is CCOC(C)CNC(C)CCc1ccc(O)cc1. The minimum Gasteiger partial charge on any atom is -0.508 e. The fourth-order valence-electron chi connectivity index (χ4n) is 1.86. The second-order valence-corrected chi connectivity index (χ2v) is 4.78. The second-order valence-electron chi connectivity index (χ2n) is 4.78. The van der Waals surface area contributed by atoms with Crippen LogP contribution in [0.4, 0.5) is 0 Å². The Morgan fingerprint density at radius 2 is 1.89 bits per heavy atom. The topological polar surface area (TPSA) is 41.5 Å². The monoisotopic (exact) mass is 251 g/mol.